The molecular weight excluding hydrogens is 412 g/mol. The van der Waals surface area contributed by atoms with Crippen LogP contribution in [-0.2, 0) is 38.6 Å². The predicted octanol–water partition coefficient (Wildman–Crippen LogP) is 6.69. The molecule has 0 spiro atoms. The molecule has 0 saturated heterocycles. The van der Waals surface area contributed by atoms with E-state index in [9.17, 15) is 15.0 Å². The molecule has 33 heavy (non-hydrogen) atoms. The van der Waals surface area contributed by atoms with Crippen LogP contribution in [-0.4, -0.2) is 23.3 Å². The Kier molecular flexibility index (Phi) is 7.62. The summed E-state index contributed by atoms with van der Waals surface area (Å²) in [5, 5.41) is 22.3. The fourth-order valence-electron chi connectivity index (χ4n) is 4.12. The van der Waals surface area contributed by atoms with Crippen LogP contribution in [0, 0.1) is 0 Å². The van der Waals surface area contributed by atoms with Crippen molar-refractivity contribution in [3.63, 3.8) is 0 Å². The lowest BCUT2D eigenvalue weighted by atomic mass is 9.77. The van der Waals surface area contributed by atoms with Crippen LogP contribution in [0.5, 0.6) is 11.5 Å². The Balaban J connectivity index is 2.64. The summed E-state index contributed by atoms with van der Waals surface area (Å²) in [5.74, 6) is 0.405. The number of hydrogen-bond donors (Lipinski definition) is 2. The summed E-state index contributed by atoms with van der Waals surface area (Å²) in [7, 11) is 1.40. The molecule has 2 rings (SSSR count). The maximum absolute atomic E-state index is 11.7. The van der Waals surface area contributed by atoms with Crippen molar-refractivity contribution in [1.82, 2.24) is 0 Å². The van der Waals surface area contributed by atoms with Gasteiger partial charge in [-0.2, -0.15) is 0 Å². The molecule has 0 aliphatic rings. The molecule has 4 heteroatoms. The number of esters is 1. The molecule has 0 atom stereocenters. The van der Waals surface area contributed by atoms with Gasteiger partial charge in [0.25, 0.3) is 0 Å². The molecule has 0 aromatic heterocycles. The SMILES string of the molecule is COC(=O)CCc1cc(Cc2cc(C(C)(C)C)c(O)c(C(C)(C)C)c2)c(O)c(C(C)(C)C)c1. The summed E-state index contributed by atoms with van der Waals surface area (Å²) < 4.78 is 4.81. The van der Waals surface area contributed by atoms with Crippen LogP contribution in [0.4, 0.5) is 0 Å². The van der Waals surface area contributed by atoms with Gasteiger partial charge in [0.1, 0.15) is 11.5 Å². The molecule has 0 heterocycles. The van der Waals surface area contributed by atoms with Crippen LogP contribution in [0.1, 0.15) is 102 Å². The number of aryl methyl sites for hydroxylation is 1. The van der Waals surface area contributed by atoms with Crippen molar-refractivity contribution in [3.05, 3.63) is 57.6 Å². The van der Waals surface area contributed by atoms with E-state index in [1.165, 1.54) is 7.11 Å². The zero-order valence-electron chi connectivity index (χ0n) is 22.1. The third kappa shape index (κ3) is 6.52. The molecule has 0 radical (unpaired) electrons. The van der Waals surface area contributed by atoms with Crippen molar-refractivity contribution >= 4 is 5.97 Å². The highest BCUT2D eigenvalue weighted by atomic mass is 16.5. The first-order chi connectivity index (χ1) is 14.9. The van der Waals surface area contributed by atoms with Crippen molar-refractivity contribution in [2.24, 2.45) is 0 Å². The normalized spacial score (nSPS) is 12.7. The third-order valence-electron chi connectivity index (χ3n) is 6.08. The van der Waals surface area contributed by atoms with E-state index >= 15 is 0 Å². The minimum atomic E-state index is -0.248. The van der Waals surface area contributed by atoms with Crippen LogP contribution in [0.15, 0.2) is 24.3 Å². The van der Waals surface area contributed by atoms with E-state index in [2.05, 4.69) is 74.4 Å². The minimum Gasteiger partial charge on any atom is -0.507 e. The van der Waals surface area contributed by atoms with Gasteiger partial charge in [0, 0.05) is 12.8 Å². The van der Waals surface area contributed by atoms with Gasteiger partial charge < -0.3 is 14.9 Å². The first-order valence-electron chi connectivity index (χ1n) is 11.7. The Bertz CT molecular complexity index is 977. The summed E-state index contributed by atoms with van der Waals surface area (Å²) in [6.07, 6.45) is 1.39. The molecule has 0 aliphatic heterocycles. The van der Waals surface area contributed by atoms with Gasteiger partial charge in [-0.05, 0) is 56.0 Å². The molecule has 0 aliphatic carbocycles. The van der Waals surface area contributed by atoms with Gasteiger partial charge in [-0.3, -0.25) is 4.79 Å². The molecule has 0 amide bonds. The zero-order valence-corrected chi connectivity index (χ0v) is 22.1. The van der Waals surface area contributed by atoms with Crippen molar-refractivity contribution in [2.45, 2.75) is 97.8 Å². The summed E-state index contributed by atoms with van der Waals surface area (Å²) in [6.45, 7) is 18.8. The molecule has 4 nitrogen and oxygen atoms in total. The Hall–Kier alpha value is -2.49. The number of benzene rings is 2. The molecule has 2 aromatic carbocycles. The standard InChI is InChI=1S/C29H42O4/c1-27(2,3)21-15-18(11-12-24(30)33-10)13-20(25(21)31)14-19-16-22(28(4,5)6)26(32)23(17-19)29(7,8)9/h13,15-17,31-32H,11-12,14H2,1-10H3. The first-order valence-corrected chi connectivity index (χ1v) is 11.7. The fraction of sp³-hybridized carbons (Fsp3) is 0.552. The number of rotatable bonds is 5. The first kappa shape index (κ1) is 26.8. The number of methoxy groups -OCH3 is 1. The Morgan fingerprint density at radius 1 is 0.727 bits per heavy atom. The summed E-state index contributed by atoms with van der Waals surface area (Å²) in [5.41, 5.74) is 4.86. The van der Waals surface area contributed by atoms with Crippen LogP contribution in [0.25, 0.3) is 0 Å². The Labute approximate surface area is 200 Å². The lowest BCUT2D eigenvalue weighted by Crippen LogP contribution is -2.18. The smallest absolute Gasteiger partial charge is 0.305 e. The Morgan fingerprint density at radius 3 is 1.58 bits per heavy atom. The average molecular weight is 455 g/mol. The van der Waals surface area contributed by atoms with Crippen molar-refractivity contribution in [2.75, 3.05) is 7.11 Å². The van der Waals surface area contributed by atoms with Crippen LogP contribution >= 0.6 is 0 Å². The van der Waals surface area contributed by atoms with Crippen molar-refractivity contribution in [3.8, 4) is 11.5 Å². The van der Waals surface area contributed by atoms with E-state index in [-0.39, 0.29) is 22.2 Å². The van der Waals surface area contributed by atoms with Crippen LogP contribution in [0.2, 0.25) is 0 Å². The molecule has 2 N–H and O–H groups in total. The van der Waals surface area contributed by atoms with Gasteiger partial charge >= 0.3 is 5.97 Å². The maximum atomic E-state index is 11.7. The molecule has 182 valence electrons. The van der Waals surface area contributed by atoms with Crippen LogP contribution in [0.3, 0.4) is 0 Å². The zero-order chi connectivity index (χ0) is 25.4. The monoisotopic (exact) mass is 454 g/mol. The second-order valence-corrected chi connectivity index (χ2v) is 12.2. The number of phenols is 2. The van der Waals surface area contributed by atoms with Gasteiger partial charge in [-0.15, -0.1) is 0 Å². The summed E-state index contributed by atoms with van der Waals surface area (Å²) >= 11 is 0. The van der Waals surface area contributed by atoms with E-state index in [1.54, 1.807) is 0 Å². The van der Waals surface area contributed by atoms with E-state index < -0.39 is 0 Å². The number of carbonyl (C=O) groups is 1. The van der Waals surface area contributed by atoms with Gasteiger partial charge in [0.15, 0.2) is 0 Å². The maximum Gasteiger partial charge on any atom is 0.305 e. The average Bonchev–Trinajstić information content (AvgIpc) is 2.66. The number of carbonyl (C=O) groups excluding carboxylic acids is 1. The molecule has 0 saturated carbocycles. The predicted molar refractivity (Wildman–Crippen MR) is 135 cm³/mol. The van der Waals surface area contributed by atoms with Gasteiger partial charge in [0.2, 0.25) is 0 Å². The van der Waals surface area contributed by atoms with Gasteiger partial charge in [0.05, 0.1) is 7.11 Å². The summed E-state index contributed by atoms with van der Waals surface area (Å²) in [6, 6.07) is 8.11. The summed E-state index contributed by atoms with van der Waals surface area (Å²) in [4.78, 5) is 11.7. The van der Waals surface area contributed by atoms with E-state index in [0.29, 0.717) is 30.8 Å². The third-order valence-corrected chi connectivity index (χ3v) is 6.08. The van der Waals surface area contributed by atoms with E-state index in [0.717, 1.165) is 33.4 Å². The van der Waals surface area contributed by atoms with Crippen molar-refractivity contribution in [1.29, 1.82) is 0 Å². The Morgan fingerprint density at radius 2 is 1.15 bits per heavy atom. The second-order valence-electron chi connectivity index (χ2n) is 12.2. The number of ether oxygens (including phenoxy) is 1. The van der Waals surface area contributed by atoms with E-state index in [4.69, 9.17) is 4.74 Å². The molecule has 0 unspecified atom stereocenters. The molecular formula is C29H42O4. The number of aromatic hydroxyl groups is 2. The topological polar surface area (TPSA) is 66.8 Å². The lowest BCUT2D eigenvalue weighted by Gasteiger charge is -2.28. The lowest BCUT2D eigenvalue weighted by molar-refractivity contribution is -0.140. The largest absolute Gasteiger partial charge is 0.507 e. The molecule has 0 fully saturated rings. The number of hydrogen-bond acceptors (Lipinski definition) is 4. The van der Waals surface area contributed by atoms with Gasteiger partial charge in [-0.25, -0.2) is 0 Å². The minimum absolute atomic E-state index is 0.221. The van der Waals surface area contributed by atoms with Crippen LogP contribution < -0.4 is 0 Å². The second kappa shape index (κ2) is 9.40. The number of phenolic OH excluding ortho intramolecular Hbond substituents is 2. The van der Waals surface area contributed by atoms with Gasteiger partial charge in [-0.1, -0.05) is 86.6 Å². The highest BCUT2D eigenvalue weighted by molar-refractivity contribution is 5.69. The van der Waals surface area contributed by atoms with Crippen molar-refractivity contribution < 1.29 is 19.7 Å². The molecule has 0 bridgehead atoms. The fourth-order valence-corrected chi connectivity index (χ4v) is 4.12. The quantitative estimate of drug-likeness (QED) is 0.494. The highest BCUT2D eigenvalue weighted by Crippen LogP contribution is 2.41. The highest BCUT2D eigenvalue weighted by Gasteiger charge is 2.27. The van der Waals surface area contributed by atoms with E-state index in [1.807, 2.05) is 12.1 Å². The molecule has 2 aromatic rings.